The van der Waals surface area contributed by atoms with Crippen LogP contribution in [0.15, 0.2) is 158 Å². The van der Waals surface area contributed by atoms with E-state index in [-0.39, 0.29) is 0 Å². The van der Waals surface area contributed by atoms with Gasteiger partial charge in [-0.3, -0.25) is 4.57 Å². The zero-order valence-electron chi connectivity index (χ0n) is 26.7. The van der Waals surface area contributed by atoms with Gasteiger partial charge in [-0.25, -0.2) is 4.98 Å². The minimum Gasteiger partial charge on any atom is -0.277 e. The molecule has 0 N–H and O–H groups in total. The van der Waals surface area contributed by atoms with Crippen molar-refractivity contribution < 1.29 is 0 Å². The standard InChI is InChI=1S/C45H26N4S/c1-2-12-27(13-3-1)43-46-44(30-22-23-34-33-18-10-11-21-39(33)50-40(34)26-30)48-45(47-43)49-38-25-29-15-5-4-14-28(29)24-37(38)41-35-19-8-6-16-31(35)32-17-7-9-20-36(32)42(41)49/h1-26H. The fraction of sp³-hybridized carbons (Fsp3) is 0. The van der Waals surface area contributed by atoms with E-state index in [1.54, 1.807) is 11.3 Å². The van der Waals surface area contributed by atoms with E-state index in [2.05, 4.69) is 144 Å². The summed E-state index contributed by atoms with van der Waals surface area (Å²) in [5.74, 6) is 1.89. The van der Waals surface area contributed by atoms with Crippen LogP contribution in [0, 0.1) is 0 Å². The second kappa shape index (κ2) is 10.5. The Labute approximate surface area is 290 Å². The molecule has 0 unspecified atom stereocenters. The highest BCUT2D eigenvalue weighted by Crippen LogP contribution is 2.43. The molecule has 8 aromatic carbocycles. The Morgan fingerprint density at radius 3 is 1.80 bits per heavy atom. The molecule has 232 valence electrons. The molecule has 0 amide bonds. The first-order valence-corrected chi connectivity index (χ1v) is 17.6. The molecule has 0 saturated heterocycles. The van der Waals surface area contributed by atoms with Crippen LogP contribution in [0.2, 0.25) is 0 Å². The molecule has 0 bridgehead atoms. The molecule has 11 rings (SSSR count). The summed E-state index contributed by atoms with van der Waals surface area (Å²) in [4.78, 5) is 15.8. The quantitative estimate of drug-likeness (QED) is 0.178. The molecule has 0 fully saturated rings. The van der Waals surface area contributed by atoms with Crippen LogP contribution < -0.4 is 0 Å². The largest absolute Gasteiger partial charge is 0.277 e. The summed E-state index contributed by atoms with van der Waals surface area (Å²) in [5.41, 5.74) is 4.07. The molecule has 0 spiro atoms. The van der Waals surface area contributed by atoms with Crippen LogP contribution in [-0.4, -0.2) is 19.5 Å². The second-order valence-corrected chi connectivity index (χ2v) is 13.9. The van der Waals surface area contributed by atoms with Crippen molar-refractivity contribution in [1.82, 2.24) is 19.5 Å². The maximum Gasteiger partial charge on any atom is 0.238 e. The molecule has 50 heavy (non-hydrogen) atoms. The first kappa shape index (κ1) is 27.5. The molecule has 0 radical (unpaired) electrons. The highest BCUT2D eigenvalue weighted by molar-refractivity contribution is 7.25. The molecule has 3 heterocycles. The molecule has 0 aliphatic rings. The van der Waals surface area contributed by atoms with Crippen molar-refractivity contribution in [3.63, 3.8) is 0 Å². The molecule has 0 aliphatic carbocycles. The van der Waals surface area contributed by atoms with Crippen LogP contribution in [0.5, 0.6) is 0 Å². The van der Waals surface area contributed by atoms with Crippen LogP contribution in [-0.2, 0) is 0 Å². The zero-order chi connectivity index (χ0) is 32.8. The van der Waals surface area contributed by atoms with E-state index in [1.807, 2.05) is 18.2 Å². The van der Waals surface area contributed by atoms with Gasteiger partial charge in [0, 0.05) is 47.5 Å². The fourth-order valence-corrected chi connectivity index (χ4v) is 8.89. The monoisotopic (exact) mass is 654 g/mol. The third kappa shape index (κ3) is 4.01. The third-order valence-electron chi connectivity index (χ3n) is 10.00. The minimum atomic E-state index is 0.598. The van der Waals surface area contributed by atoms with Gasteiger partial charge in [-0.15, -0.1) is 11.3 Å². The summed E-state index contributed by atoms with van der Waals surface area (Å²) in [6, 6.07) is 56.1. The minimum absolute atomic E-state index is 0.598. The Morgan fingerprint density at radius 1 is 0.400 bits per heavy atom. The van der Waals surface area contributed by atoms with Gasteiger partial charge in [0.1, 0.15) is 0 Å². The van der Waals surface area contributed by atoms with Gasteiger partial charge in [-0.05, 0) is 51.2 Å². The van der Waals surface area contributed by atoms with Crippen LogP contribution in [0.1, 0.15) is 0 Å². The Hall–Kier alpha value is -6.43. The lowest BCUT2D eigenvalue weighted by Gasteiger charge is -2.13. The van der Waals surface area contributed by atoms with Crippen LogP contribution in [0.3, 0.4) is 0 Å². The first-order chi connectivity index (χ1) is 24.8. The lowest BCUT2D eigenvalue weighted by molar-refractivity contribution is 0.956. The number of thiophene rings is 1. The van der Waals surface area contributed by atoms with Gasteiger partial charge in [-0.2, -0.15) is 9.97 Å². The van der Waals surface area contributed by atoms with Crippen molar-refractivity contribution in [3.8, 4) is 28.7 Å². The van der Waals surface area contributed by atoms with Gasteiger partial charge < -0.3 is 0 Å². The average Bonchev–Trinajstić information content (AvgIpc) is 3.73. The lowest BCUT2D eigenvalue weighted by Crippen LogP contribution is -2.06. The molecule has 11 aromatic rings. The Bertz CT molecular complexity index is 3160. The number of rotatable bonds is 3. The van der Waals surface area contributed by atoms with Crippen molar-refractivity contribution in [2.75, 3.05) is 0 Å². The highest BCUT2D eigenvalue weighted by Gasteiger charge is 2.22. The van der Waals surface area contributed by atoms with Crippen molar-refractivity contribution >= 4 is 85.6 Å². The van der Waals surface area contributed by atoms with E-state index in [4.69, 9.17) is 15.0 Å². The van der Waals surface area contributed by atoms with Crippen LogP contribution >= 0.6 is 11.3 Å². The molecule has 0 saturated carbocycles. The summed E-state index contributed by atoms with van der Waals surface area (Å²) < 4.78 is 4.77. The molecule has 4 nitrogen and oxygen atoms in total. The van der Waals surface area contributed by atoms with Crippen molar-refractivity contribution in [2.24, 2.45) is 0 Å². The van der Waals surface area contributed by atoms with Gasteiger partial charge in [0.25, 0.3) is 0 Å². The van der Waals surface area contributed by atoms with E-state index < -0.39 is 0 Å². The number of aromatic nitrogens is 4. The number of benzene rings is 8. The number of hydrogen-bond acceptors (Lipinski definition) is 4. The topological polar surface area (TPSA) is 43.6 Å². The van der Waals surface area contributed by atoms with Gasteiger partial charge in [0.05, 0.1) is 11.0 Å². The fourth-order valence-electron chi connectivity index (χ4n) is 7.74. The summed E-state index contributed by atoms with van der Waals surface area (Å²) in [5, 5.41) is 12.1. The van der Waals surface area contributed by atoms with Gasteiger partial charge >= 0.3 is 0 Å². The van der Waals surface area contributed by atoms with E-state index in [1.165, 1.54) is 57.9 Å². The molecule has 0 aliphatic heterocycles. The SMILES string of the molecule is c1ccc(-c2nc(-c3ccc4c(c3)sc3ccccc34)nc(-n3c4cc5ccccc5cc4c4c5ccccc5c5ccccc5c43)n2)cc1. The normalized spacial score (nSPS) is 12.0. The maximum atomic E-state index is 5.34. The molecular weight excluding hydrogens is 629 g/mol. The number of nitrogens with zero attached hydrogens (tertiary/aromatic N) is 4. The molecule has 3 aromatic heterocycles. The summed E-state index contributed by atoms with van der Waals surface area (Å²) in [6.45, 7) is 0. The highest BCUT2D eigenvalue weighted by atomic mass is 32.1. The first-order valence-electron chi connectivity index (χ1n) is 16.8. The van der Waals surface area contributed by atoms with Crippen molar-refractivity contribution in [2.45, 2.75) is 0 Å². The van der Waals surface area contributed by atoms with E-state index in [0.29, 0.717) is 17.6 Å². The summed E-state index contributed by atoms with van der Waals surface area (Å²) in [7, 11) is 0. The molecule has 0 atom stereocenters. The maximum absolute atomic E-state index is 5.34. The summed E-state index contributed by atoms with van der Waals surface area (Å²) in [6.07, 6.45) is 0. The Kier molecular flexibility index (Phi) is 5.80. The number of hydrogen-bond donors (Lipinski definition) is 0. The smallest absolute Gasteiger partial charge is 0.238 e. The van der Waals surface area contributed by atoms with E-state index >= 15 is 0 Å². The van der Waals surface area contributed by atoms with E-state index in [0.717, 1.165) is 27.5 Å². The van der Waals surface area contributed by atoms with Crippen molar-refractivity contribution in [3.05, 3.63) is 158 Å². The predicted octanol–water partition coefficient (Wildman–Crippen LogP) is 12.1. The lowest BCUT2D eigenvalue weighted by atomic mass is 9.96. The molecular formula is C45H26N4S. The number of fused-ring (bicyclic) bond motifs is 12. The van der Waals surface area contributed by atoms with Gasteiger partial charge in [0.2, 0.25) is 5.95 Å². The van der Waals surface area contributed by atoms with Gasteiger partial charge in [-0.1, -0.05) is 133 Å². The average molecular weight is 655 g/mol. The Balaban J connectivity index is 1.29. The predicted molar refractivity (Wildman–Crippen MR) is 210 cm³/mol. The summed E-state index contributed by atoms with van der Waals surface area (Å²) >= 11 is 1.80. The van der Waals surface area contributed by atoms with Crippen LogP contribution in [0.4, 0.5) is 0 Å². The molecule has 5 heteroatoms. The second-order valence-electron chi connectivity index (χ2n) is 12.8. The van der Waals surface area contributed by atoms with Crippen molar-refractivity contribution in [1.29, 1.82) is 0 Å². The van der Waals surface area contributed by atoms with Crippen LogP contribution in [0.25, 0.3) is 103 Å². The zero-order valence-corrected chi connectivity index (χ0v) is 27.5. The van der Waals surface area contributed by atoms with Gasteiger partial charge in [0.15, 0.2) is 11.6 Å². The van der Waals surface area contributed by atoms with E-state index in [9.17, 15) is 0 Å². The third-order valence-corrected chi connectivity index (χ3v) is 11.1. The Morgan fingerprint density at radius 2 is 1.00 bits per heavy atom.